The molecule has 6 nitrogen and oxygen atoms in total. The van der Waals surface area contributed by atoms with Crippen molar-refractivity contribution in [1.82, 2.24) is 19.9 Å². The van der Waals surface area contributed by atoms with Crippen LogP contribution in [0.15, 0.2) is 59.7 Å². The highest BCUT2D eigenvalue weighted by Gasteiger charge is 2.34. The Morgan fingerprint density at radius 1 is 1.17 bits per heavy atom. The Morgan fingerprint density at radius 2 is 2.12 bits per heavy atom. The van der Waals surface area contributed by atoms with Crippen molar-refractivity contribution in [1.29, 1.82) is 0 Å². The average molecular weight is 317 g/mol. The van der Waals surface area contributed by atoms with Gasteiger partial charge in [0.25, 0.3) is 0 Å². The van der Waals surface area contributed by atoms with Gasteiger partial charge in [-0.15, -0.1) is 0 Å². The monoisotopic (exact) mass is 317 g/mol. The van der Waals surface area contributed by atoms with Gasteiger partial charge in [0.2, 0.25) is 0 Å². The summed E-state index contributed by atoms with van der Waals surface area (Å²) in [6.45, 7) is 0.829. The van der Waals surface area contributed by atoms with E-state index >= 15 is 0 Å². The van der Waals surface area contributed by atoms with E-state index in [0.717, 1.165) is 46.9 Å². The molecule has 1 atom stereocenters. The van der Waals surface area contributed by atoms with E-state index in [1.54, 1.807) is 24.9 Å². The lowest BCUT2D eigenvalue weighted by molar-refractivity contribution is 0.485. The summed E-state index contributed by atoms with van der Waals surface area (Å²) in [5.41, 5.74) is 3.03. The molecule has 1 aromatic carbocycles. The van der Waals surface area contributed by atoms with Gasteiger partial charge < -0.3 is 14.3 Å². The molecule has 0 saturated carbocycles. The van der Waals surface area contributed by atoms with E-state index in [4.69, 9.17) is 4.42 Å². The molecule has 0 spiro atoms. The first-order valence-corrected chi connectivity index (χ1v) is 7.93. The Hall–Kier alpha value is -3.15. The zero-order valence-corrected chi connectivity index (χ0v) is 12.9. The number of imidazole rings is 1. The highest BCUT2D eigenvalue weighted by molar-refractivity contribution is 5.78. The summed E-state index contributed by atoms with van der Waals surface area (Å²) < 4.78 is 6.14. The third-order valence-electron chi connectivity index (χ3n) is 4.48. The molecule has 0 unspecified atom stereocenters. The summed E-state index contributed by atoms with van der Waals surface area (Å²) in [5, 5.41) is 1.09. The Bertz CT molecular complexity index is 958. The molecule has 4 heterocycles. The fourth-order valence-electron chi connectivity index (χ4n) is 3.39. The smallest absolute Gasteiger partial charge is 0.148 e. The molecule has 5 rings (SSSR count). The number of H-pyrrole nitrogens is 1. The van der Waals surface area contributed by atoms with Gasteiger partial charge in [-0.25, -0.2) is 9.97 Å². The minimum Gasteiger partial charge on any atom is -0.458 e. The Balaban J connectivity index is 1.68. The number of nitrogens with one attached hydrogen (secondary N) is 1. The maximum Gasteiger partial charge on any atom is 0.148 e. The van der Waals surface area contributed by atoms with E-state index in [1.165, 1.54) is 0 Å². The fourth-order valence-corrected chi connectivity index (χ4v) is 3.39. The second-order valence-corrected chi connectivity index (χ2v) is 5.86. The first-order chi connectivity index (χ1) is 11.9. The lowest BCUT2D eigenvalue weighted by atomic mass is 10.0. The zero-order valence-electron chi connectivity index (χ0n) is 12.9. The van der Waals surface area contributed by atoms with Crippen molar-refractivity contribution in [3.63, 3.8) is 0 Å². The second-order valence-electron chi connectivity index (χ2n) is 5.86. The van der Waals surface area contributed by atoms with Crippen LogP contribution in [0.3, 0.4) is 0 Å². The van der Waals surface area contributed by atoms with Crippen LogP contribution < -0.4 is 4.90 Å². The Kier molecular flexibility index (Phi) is 2.88. The number of benzene rings is 1. The van der Waals surface area contributed by atoms with Crippen molar-refractivity contribution < 1.29 is 4.42 Å². The summed E-state index contributed by atoms with van der Waals surface area (Å²) in [5.74, 6) is 1.70. The Morgan fingerprint density at radius 3 is 3.00 bits per heavy atom. The molecule has 3 aromatic heterocycles. The zero-order chi connectivity index (χ0) is 15.9. The predicted octanol–water partition coefficient (Wildman–Crippen LogP) is 3.10. The van der Waals surface area contributed by atoms with Crippen LogP contribution in [-0.2, 0) is 6.42 Å². The molecule has 4 aromatic rings. The van der Waals surface area contributed by atoms with Crippen molar-refractivity contribution in [2.75, 3.05) is 11.4 Å². The van der Waals surface area contributed by atoms with E-state index in [-0.39, 0.29) is 6.04 Å². The van der Waals surface area contributed by atoms with Crippen molar-refractivity contribution in [3.05, 3.63) is 72.4 Å². The van der Waals surface area contributed by atoms with Crippen LogP contribution in [0.2, 0.25) is 0 Å². The molecule has 0 fully saturated rings. The normalized spacial score (nSPS) is 17.2. The van der Waals surface area contributed by atoms with Crippen molar-refractivity contribution in [2.45, 2.75) is 12.5 Å². The summed E-state index contributed by atoms with van der Waals surface area (Å²) in [4.78, 5) is 18.7. The average Bonchev–Trinajstić information content (AvgIpc) is 3.28. The third kappa shape index (κ3) is 2.00. The number of aromatic nitrogens is 4. The van der Waals surface area contributed by atoms with E-state index < -0.39 is 0 Å². The SMILES string of the molecule is c1ccc2oc([C@H]3c4nc[nH]c4CCN3c3cnccn3)cc2c1. The Labute approximate surface area is 138 Å². The van der Waals surface area contributed by atoms with Gasteiger partial charge in [0, 0.05) is 36.4 Å². The number of furan rings is 1. The molecule has 24 heavy (non-hydrogen) atoms. The number of anilines is 1. The predicted molar refractivity (Wildman–Crippen MR) is 89.7 cm³/mol. The summed E-state index contributed by atoms with van der Waals surface area (Å²) in [7, 11) is 0. The van der Waals surface area contributed by atoms with Gasteiger partial charge in [-0.3, -0.25) is 4.98 Å². The van der Waals surface area contributed by atoms with Crippen LogP contribution in [0, 0.1) is 0 Å². The summed E-state index contributed by atoms with van der Waals surface area (Å²) in [6.07, 6.45) is 7.82. The van der Waals surface area contributed by atoms with E-state index in [1.807, 2.05) is 18.2 Å². The molecule has 0 saturated heterocycles. The van der Waals surface area contributed by atoms with Gasteiger partial charge in [-0.05, 0) is 12.1 Å². The van der Waals surface area contributed by atoms with Gasteiger partial charge in [-0.1, -0.05) is 18.2 Å². The van der Waals surface area contributed by atoms with Crippen LogP contribution in [0.1, 0.15) is 23.2 Å². The first kappa shape index (κ1) is 13.3. The molecule has 0 aliphatic carbocycles. The van der Waals surface area contributed by atoms with Crippen molar-refractivity contribution in [2.24, 2.45) is 0 Å². The third-order valence-corrected chi connectivity index (χ3v) is 4.48. The second kappa shape index (κ2) is 5.19. The van der Waals surface area contributed by atoms with Crippen LogP contribution in [0.5, 0.6) is 0 Å². The number of rotatable bonds is 2. The molecule has 1 aliphatic heterocycles. The van der Waals surface area contributed by atoms with Crippen LogP contribution >= 0.6 is 0 Å². The highest BCUT2D eigenvalue weighted by Crippen LogP contribution is 2.37. The van der Waals surface area contributed by atoms with E-state index in [9.17, 15) is 0 Å². The molecule has 118 valence electrons. The standard InChI is InChI=1S/C18H15N5O/c1-2-4-14-12(3-1)9-15(24-14)18-17-13(21-11-22-17)5-8-23(18)16-10-19-6-7-20-16/h1-4,6-7,9-11,18H,5,8H2,(H,21,22)/t18-/m0/s1. The van der Waals surface area contributed by atoms with E-state index in [2.05, 4.69) is 37.0 Å². The highest BCUT2D eigenvalue weighted by atomic mass is 16.3. The molecule has 0 bridgehead atoms. The molecule has 0 amide bonds. The topological polar surface area (TPSA) is 70.8 Å². The molecule has 0 radical (unpaired) electrons. The lowest BCUT2D eigenvalue weighted by Crippen LogP contribution is -2.36. The lowest BCUT2D eigenvalue weighted by Gasteiger charge is -2.34. The fraction of sp³-hybridized carbons (Fsp3) is 0.167. The van der Waals surface area contributed by atoms with Crippen LogP contribution in [0.4, 0.5) is 5.82 Å². The number of hydrogen-bond acceptors (Lipinski definition) is 5. The van der Waals surface area contributed by atoms with Gasteiger partial charge in [-0.2, -0.15) is 0 Å². The summed E-state index contributed by atoms with van der Waals surface area (Å²) in [6, 6.07) is 10.0. The summed E-state index contributed by atoms with van der Waals surface area (Å²) >= 11 is 0. The number of para-hydroxylation sites is 1. The van der Waals surface area contributed by atoms with E-state index in [0.29, 0.717) is 0 Å². The number of fused-ring (bicyclic) bond motifs is 2. The number of aromatic amines is 1. The number of nitrogens with zero attached hydrogens (tertiary/aromatic N) is 4. The molecule has 1 N–H and O–H groups in total. The van der Waals surface area contributed by atoms with Crippen molar-refractivity contribution >= 4 is 16.8 Å². The van der Waals surface area contributed by atoms with Gasteiger partial charge in [0.15, 0.2) is 0 Å². The maximum absolute atomic E-state index is 6.14. The number of hydrogen-bond donors (Lipinski definition) is 1. The molecule has 1 aliphatic rings. The minimum atomic E-state index is -0.107. The molecule has 6 heteroatoms. The minimum absolute atomic E-state index is 0.107. The molecular formula is C18H15N5O. The largest absolute Gasteiger partial charge is 0.458 e. The molecular weight excluding hydrogens is 302 g/mol. The first-order valence-electron chi connectivity index (χ1n) is 7.93. The quantitative estimate of drug-likeness (QED) is 0.615. The van der Waals surface area contributed by atoms with Crippen LogP contribution in [0.25, 0.3) is 11.0 Å². The van der Waals surface area contributed by atoms with Crippen molar-refractivity contribution in [3.8, 4) is 0 Å². The van der Waals surface area contributed by atoms with Gasteiger partial charge in [0.1, 0.15) is 23.2 Å². The van der Waals surface area contributed by atoms with Gasteiger partial charge >= 0.3 is 0 Å². The maximum atomic E-state index is 6.14. The van der Waals surface area contributed by atoms with Crippen LogP contribution in [-0.4, -0.2) is 26.5 Å². The van der Waals surface area contributed by atoms with Gasteiger partial charge in [0.05, 0.1) is 18.2 Å².